The molecule has 3 heterocycles. The van der Waals surface area contributed by atoms with Gasteiger partial charge in [0.2, 0.25) is 0 Å². The van der Waals surface area contributed by atoms with Gasteiger partial charge in [-0.25, -0.2) is 4.79 Å². The lowest BCUT2D eigenvalue weighted by Gasteiger charge is -2.32. The number of hydrogen-bond donors (Lipinski definition) is 1. The Morgan fingerprint density at radius 3 is 2.68 bits per heavy atom. The zero-order valence-electron chi connectivity index (χ0n) is 13.1. The summed E-state index contributed by atoms with van der Waals surface area (Å²) in [5.41, 5.74) is 0. The Labute approximate surface area is 131 Å². The summed E-state index contributed by atoms with van der Waals surface area (Å²) in [5, 5.41) is 11.9. The normalized spacial score (nSPS) is 22.5. The van der Waals surface area contributed by atoms with Gasteiger partial charge >= 0.3 is 6.03 Å². The first kappa shape index (κ1) is 14.0. The van der Waals surface area contributed by atoms with E-state index in [1.807, 2.05) is 4.90 Å². The standard InChI is InChI=1S/C16H25N5O/c22-16(17-11-12-4-5-12)20-9-6-13(7-10-20)15-19-18-14-3-1-2-8-21(14)15/h12-13H,1-11H2,(H,17,22). The number of rotatable bonds is 3. The van der Waals surface area contributed by atoms with Crippen LogP contribution >= 0.6 is 0 Å². The molecule has 1 aromatic rings. The molecule has 3 aliphatic rings. The van der Waals surface area contributed by atoms with Gasteiger partial charge in [-0.2, -0.15) is 0 Å². The second-order valence-corrected chi connectivity index (χ2v) is 6.97. The molecule has 2 amide bonds. The molecule has 1 aromatic heterocycles. The molecule has 0 atom stereocenters. The highest BCUT2D eigenvalue weighted by Crippen LogP contribution is 2.30. The topological polar surface area (TPSA) is 63.1 Å². The number of piperidine rings is 1. The Bertz CT molecular complexity index is 543. The predicted octanol–water partition coefficient (Wildman–Crippen LogP) is 1.91. The van der Waals surface area contributed by atoms with Crippen molar-refractivity contribution in [3.8, 4) is 0 Å². The summed E-state index contributed by atoms with van der Waals surface area (Å²) < 4.78 is 2.33. The number of aromatic nitrogens is 3. The van der Waals surface area contributed by atoms with Gasteiger partial charge < -0.3 is 14.8 Å². The van der Waals surface area contributed by atoms with Crippen molar-refractivity contribution in [3.05, 3.63) is 11.6 Å². The van der Waals surface area contributed by atoms with E-state index in [0.717, 1.165) is 63.0 Å². The van der Waals surface area contributed by atoms with E-state index in [1.165, 1.54) is 25.7 Å². The van der Waals surface area contributed by atoms with Crippen LogP contribution in [-0.2, 0) is 13.0 Å². The molecule has 6 heteroatoms. The number of likely N-dealkylation sites (tertiary alicyclic amines) is 1. The smallest absolute Gasteiger partial charge is 0.317 e. The maximum absolute atomic E-state index is 12.1. The maximum Gasteiger partial charge on any atom is 0.317 e. The number of amides is 2. The number of carbonyl (C=O) groups is 1. The average molecular weight is 303 g/mol. The van der Waals surface area contributed by atoms with Crippen molar-refractivity contribution in [2.75, 3.05) is 19.6 Å². The molecule has 1 saturated heterocycles. The van der Waals surface area contributed by atoms with Gasteiger partial charge in [0.25, 0.3) is 0 Å². The van der Waals surface area contributed by atoms with E-state index in [0.29, 0.717) is 5.92 Å². The summed E-state index contributed by atoms with van der Waals surface area (Å²) in [6.45, 7) is 3.60. The van der Waals surface area contributed by atoms with Gasteiger partial charge in [-0.15, -0.1) is 10.2 Å². The van der Waals surface area contributed by atoms with Gasteiger partial charge in [0.1, 0.15) is 11.6 Å². The minimum absolute atomic E-state index is 0.119. The highest BCUT2D eigenvalue weighted by molar-refractivity contribution is 5.74. The van der Waals surface area contributed by atoms with Crippen LogP contribution in [-0.4, -0.2) is 45.3 Å². The first-order valence-corrected chi connectivity index (χ1v) is 8.76. The molecule has 2 fully saturated rings. The zero-order valence-corrected chi connectivity index (χ0v) is 13.1. The third kappa shape index (κ3) is 2.83. The van der Waals surface area contributed by atoms with Gasteiger partial charge in [0.15, 0.2) is 0 Å². The van der Waals surface area contributed by atoms with Crippen LogP contribution in [0.4, 0.5) is 4.79 Å². The summed E-state index contributed by atoms with van der Waals surface area (Å²) >= 11 is 0. The summed E-state index contributed by atoms with van der Waals surface area (Å²) in [6.07, 6.45) is 8.11. The minimum atomic E-state index is 0.119. The summed E-state index contributed by atoms with van der Waals surface area (Å²) in [5.74, 6) is 3.52. The SMILES string of the molecule is O=C(NCC1CC1)N1CCC(c2nnc3n2CCCC3)CC1. The molecule has 4 rings (SSSR count). The number of urea groups is 1. The lowest BCUT2D eigenvalue weighted by Crippen LogP contribution is -2.44. The van der Waals surface area contributed by atoms with Crippen molar-refractivity contribution < 1.29 is 4.79 Å². The average Bonchev–Trinajstić information content (AvgIpc) is 3.30. The van der Waals surface area contributed by atoms with Crippen LogP contribution in [0.5, 0.6) is 0 Å². The first-order chi connectivity index (χ1) is 10.8. The molecule has 1 saturated carbocycles. The highest BCUT2D eigenvalue weighted by atomic mass is 16.2. The first-order valence-electron chi connectivity index (χ1n) is 8.76. The van der Waals surface area contributed by atoms with Crippen LogP contribution in [0.1, 0.15) is 56.1 Å². The Morgan fingerprint density at radius 1 is 1.09 bits per heavy atom. The van der Waals surface area contributed by atoms with Crippen molar-refractivity contribution in [3.63, 3.8) is 0 Å². The molecule has 22 heavy (non-hydrogen) atoms. The molecular formula is C16H25N5O. The molecule has 6 nitrogen and oxygen atoms in total. The molecule has 120 valence electrons. The lowest BCUT2D eigenvalue weighted by atomic mass is 9.95. The fourth-order valence-corrected chi connectivity index (χ4v) is 3.64. The number of nitrogens with zero attached hydrogens (tertiary/aromatic N) is 4. The van der Waals surface area contributed by atoms with Crippen LogP contribution < -0.4 is 5.32 Å². The van der Waals surface area contributed by atoms with Crippen LogP contribution in [0.25, 0.3) is 0 Å². The van der Waals surface area contributed by atoms with Crippen LogP contribution in [0.3, 0.4) is 0 Å². The molecule has 0 spiro atoms. The quantitative estimate of drug-likeness (QED) is 0.928. The molecule has 1 N–H and O–H groups in total. The second kappa shape index (κ2) is 5.89. The summed E-state index contributed by atoms with van der Waals surface area (Å²) in [6, 6.07) is 0.119. The van der Waals surface area contributed by atoms with E-state index in [4.69, 9.17) is 0 Å². The predicted molar refractivity (Wildman–Crippen MR) is 82.6 cm³/mol. The third-order valence-electron chi connectivity index (χ3n) is 5.27. The second-order valence-electron chi connectivity index (χ2n) is 6.97. The molecular weight excluding hydrogens is 278 g/mol. The Morgan fingerprint density at radius 2 is 1.91 bits per heavy atom. The molecule has 1 aliphatic carbocycles. The Balaban J connectivity index is 1.33. The van der Waals surface area contributed by atoms with Gasteiger partial charge in [-0.3, -0.25) is 0 Å². The number of hydrogen-bond acceptors (Lipinski definition) is 3. The van der Waals surface area contributed by atoms with E-state index < -0.39 is 0 Å². The van der Waals surface area contributed by atoms with E-state index in [9.17, 15) is 4.79 Å². The molecule has 0 bridgehead atoms. The van der Waals surface area contributed by atoms with Crippen LogP contribution in [0.15, 0.2) is 0 Å². The molecule has 0 aromatic carbocycles. The molecule has 0 radical (unpaired) electrons. The van der Waals surface area contributed by atoms with Crippen LogP contribution in [0, 0.1) is 5.92 Å². The Hall–Kier alpha value is -1.59. The van der Waals surface area contributed by atoms with Gasteiger partial charge in [0, 0.05) is 38.5 Å². The van der Waals surface area contributed by atoms with Crippen molar-refractivity contribution >= 4 is 6.03 Å². The minimum Gasteiger partial charge on any atom is -0.338 e. The van der Waals surface area contributed by atoms with E-state index in [2.05, 4.69) is 20.1 Å². The third-order valence-corrected chi connectivity index (χ3v) is 5.27. The molecule has 2 aliphatic heterocycles. The van der Waals surface area contributed by atoms with Crippen molar-refractivity contribution in [2.24, 2.45) is 5.92 Å². The van der Waals surface area contributed by atoms with Gasteiger partial charge in [-0.1, -0.05) is 0 Å². The zero-order chi connectivity index (χ0) is 14.9. The highest BCUT2D eigenvalue weighted by Gasteiger charge is 2.29. The number of carbonyl (C=O) groups excluding carboxylic acids is 1. The fourth-order valence-electron chi connectivity index (χ4n) is 3.64. The van der Waals surface area contributed by atoms with Crippen molar-refractivity contribution in [1.29, 1.82) is 0 Å². The van der Waals surface area contributed by atoms with Gasteiger partial charge in [-0.05, 0) is 44.4 Å². The van der Waals surface area contributed by atoms with E-state index in [1.54, 1.807) is 0 Å². The van der Waals surface area contributed by atoms with E-state index >= 15 is 0 Å². The number of fused-ring (bicyclic) bond motifs is 1. The lowest BCUT2D eigenvalue weighted by molar-refractivity contribution is 0.179. The number of nitrogens with one attached hydrogen (secondary N) is 1. The monoisotopic (exact) mass is 303 g/mol. The summed E-state index contributed by atoms with van der Waals surface area (Å²) in [7, 11) is 0. The Kier molecular flexibility index (Phi) is 3.76. The van der Waals surface area contributed by atoms with E-state index in [-0.39, 0.29) is 6.03 Å². The van der Waals surface area contributed by atoms with Gasteiger partial charge in [0.05, 0.1) is 0 Å². The van der Waals surface area contributed by atoms with Crippen molar-refractivity contribution in [2.45, 2.75) is 57.4 Å². The van der Waals surface area contributed by atoms with Crippen LogP contribution in [0.2, 0.25) is 0 Å². The molecule has 0 unspecified atom stereocenters. The summed E-state index contributed by atoms with van der Waals surface area (Å²) in [4.78, 5) is 14.1. The fraction of sp³-hybridized carbons (Fsp3) is 0.812. The largest absolute Gasteiger partial charge is 0.338 e. The maximum atomic E-state index is 12.1. The van der Waals surface area contributed by atoms with Crippen molar-refractivity contribution in [1.82, 2.24) is 25.0 Å². The number of aryl methyl sites for hydroxylation is 1.